The molecule has 4 heterocycles. The number of rotatable bonds is 9. The summed E-state index contributed by atoms with van der Waals surface area (Å²) in [6, 6.07) is 4.14. The summed E-state index contributed by atoms with van der Waals surface area (Å²) in [6.45, 7) is 3.94. The molecule has 39 heavy (non-hydrogen) atoms. The van der Waals surface area contributed by atoms with Gasteiger partial charge in [0.25, 0.3) is 5.91 Å². The molecule has 0 radical (unpaired) electrons. The molecule has 4 rings (SSSR count). The Morgan fingerprint density at radius 1 is 1.13 bits per heavy atom. The Kier molecular flexibility index (Phi) is 7.88. The number of pyridine rings is 2. The summed E-state index contributed by atoms with van der Waals surface area (Å²) < 4.78 is 37.8. The Bertz CT molecular complexity index is 1450. The first kappa shape index (κ1) is 27.6. The van der Waals surface area contributed by atoms with Crippen molar-refractivity contribution in [1.29, 1.82) is 0 Å². The molecule has 0 aliphatic heterocycles. The molecule has 2 amide bonds. The van der Waals surface area contributed by atoms with Crippen LogP contribution in [0.1, 0.15) is 42.9 Å². The third kappa shape index (κ3) is 6.36. The second-order valence-corrected chi connectivity index (χ2v) is 9.59. The van der Waals surface area contributed by atoms with Gasteiger partial charge in [-0.25, -0.2) is 4.98 Å². The van der Waals surface area contributed by atoms with Crippen LogP contribution in [0, 0.1) is 5.92 Å². The Morgan fingerprint density at radius 2 is 1.90 bits per heavy atom. The first-order valence-electron chi connectivity index (χ1n) is 12.2. The van der Waals surface area contributed by atoms with Gasteiger partial charge in [-0.2, -0.15) is 18.3 Å². The second kappa shape index (κ2) is 11.1. The van der Waals surface area contributed by atoms with Gasteiger partial charge in [0.05, 0.1) is 23.0 Å². The van der Waals surface area contributed by atoms with Gasteiger partial charge in [-0.3, -0.25) is 19.7 Å². The summed E-state index contributed by atoms with van der Waals surface area (Å²) in [5, 5.41) is 12.4. The van der Waals surface area contributed by atoms with E-state index in [0.717, 1.165) is 11.3 Å². The number of amides is 2. The predicted octanol–water partition coefficient (Wildman–Crippen LogP) is 4.30. The molecule has 0 aliphatic carbocycles. The lowest BCUT2D eigenvalue weighted by Gasteiger charge is -2.24. The lowest BCUT2D eigenvalue weighted by molar-refractivity contribution is -0.139. The van der Waals surface area contributed by atoms with Crippen LogP contribution < -0.4 is 10.6 Å². The summed E-state index contributed by atoms with van der Waals surface area (Å²) in [5.41, 5.74) is 3.59. The first-order chi connectivity index (χ1) is 18.4. The number of nitrogens with one attached hydrogen (secondary N) is 4. The van der Waals surface area contributed by atoms with Crippen LogP contribution >= 0.6 is 0 Å². The average molecular weight is 543 g/mol. The minimum absolute atomic E-state index is 0.225. The largest absolute Gasteiger partial charge is 0.405 e. The summed E-state index contributed by atoms with van der Waals surface area (Å²) in [6.07, 6.45) is 3.46. The highest BCUT2D eigenvalue weighted by atomic mass is 19.4. The average Bonchev–Trinajstić information content (AvgIpc) is 3.59. The molecule has 4 aromatic heterocycles. The Labute approximate surface area is 222 Å². The number of aromatic amines is 2. The minimum atomic E-state index is -4.51. The molecule has 2 atom stereocenters. The lowest BCUT2D eigenvalue weighted by Crippen LogP contribution is -2.46. The Hall–Kier alpha value is -4.42. The van der Waals surface area contributed by atoms with E-state index in [0.29, 0.717) is 27.8 Å². The maximum atomic E-state index is 13.2. The highest BCUT2D eigenvalue weighted by molar-refractivity contribution is 6.01. The normalized spacial score (nSPS) is 13.3. The molecule has 0 aromatic carbocycles. The lowest BCUT2D eigenvalue weighted by atomic mass is 10.0. The van der Waals surface area contributed by atoms with E-state index in [2.05, 4.69) is 30.5 Å². The van der Waals surface area contributed by atoms with Crippen LogP contribution in [0.15, 0.2) is 49.2 Å². The number of fused-ring (bicyclic) bond motifs is 1. The van der Waals surface area contributed by atoms with Crippen LogP contribution in [0.3, 0.4) is 0 Å². The van der Waals surface area contributed by atoms with Gasteiger partial charge in [-0.05, 0) is 31.0 Å². The van der Waals surface area contributed by atoms with Gasteiger partial charge in [0.1, 0.15) is 18.2 Å². The van der Waals surface area contributed by atoms with Crippen molar-refractivity contribution in [3.8, 4) is 11.1 Å². The van der Waals surface area contributed by atoms with Crippen molar-refractivity contribution in [2.24, 2.45) is 5.92 Å². The molecule has 10 nitrogen and oxygen atoms in total. The molecular weight excluding hydrogens is 513 g/mol. The van der Waals surface area contributed by atoms with Crippen LogP contribution in [0.2, 0.25) is 0 Å². The molecule has 4 N–H and O–H groups in total. The maximum absolute atomic E-state index is 13.2. The molecule has 206 valence electrons. The smallest absolute Gasteiger partial charge is 0.372 e. The molecule has 0 aliphatic rings. The van der Waals surface area contributed by atoms with Gasteiger partial charge < -0.3 is 20.5 Å². The number of H-pyrrole nitrogens is 2. The quantitative estimate of drug-likeness (QED) is 0.249. The number of alkyl halides is 3. The topological polar surface area (TPSA) is 132 Å². The zero-order chi connectivity index (χ0) is 28.3. The molecule has 1 unspecified atom stereocenters. The molecule has 0 bridgehead atoms. The minimum Gasteiger partial charge on any atom is -0.372 e. The van der Waals surface area contributed by atoms with Crippen molar-refractivity contribution in [2.75, 3.05) is 18.9 Å². The van der Waals surface area contributed by atoms with Crippen molar-refractivity contribution in [1.82, 2.24) is 35.4 Å². The van der Waals surface area contributed by atoms with Gasteiger partial charge in [-0.15, -0.1) is 0 Å². The fourth-order valence-corrected chi connectivity index (χ4v) is 4.12. The first-order valence-corrected chi connectivity index (χ1v) is 12.2. The molecular formula is C26H29F3N8O2. The zero-order valence-corrected chi connectivity index (χ0v) is 21.8. The Morgan fingerprint density at radius 3 is 2.56 bits per heavy atom. The van der Waals surface area contributed by atoms with Gasteiger partial charge in [-0.1, -0.05) is 13.8 Å². The highest BCUT2D eigenvalue weighted by Crippen LogP contribution is 2.30. The predicted molar refractivity (Wildman–Crippen MR) is 140 cm³/mol. The molecule has 0 fully saturated rings. The standard InChI is InChI=1S/C26H29F3N8O2/c1-14(2)22(24(38)33-13-26(27,28)29)35-18-7-16(9-30-11-18)20-12-32-23-19(20)8-17(10-31-23)25(39)37(4)15(3)21-5-6-34-36-21/h5-12,14-15,22,35H,13H2,1-4H3,(H,31,32)(H,33,38)(H,34,36)/t15?,22-/m1/s1. The summed E-state index contributed by atoms with van der Waals surface area (Å²) in [7, 11) is 1.70. The van der Waals surface area contributed by atoms with Crippen LogP contribution in [0.4, 0.5) is 18.9 Å². The zero-order valence-electron chi connectivity index (χ0n) is 21.8. The number of aromatic nitrogens is 5. The summed E-state index contributed by atoms with van der Waals surface area (Å²) >= 11 is 0. The number of carbonyl (C=O) groups is 2. The fourth-order valence-electron chi connectivity index (χ4n) is 4.12. The third-order valence-corrected chi connectivity index (χ3v) is 6.44. The van der Waals surface area contributed by atoms with Gasteiger partial charge in [0.15, 0.2) is 0 Å². The Balaban J connectivity index is 1.58. The van der Waals surface area contributed by atoms with Gasteiger partial charge >= 0.3 is 6.18 Å². The number of nitrogens with zero attached hydrogens (tertiary/aromatic N) is 4. The fraction of sp³-hybridized carbons (Fsp3) is 0.346. The highest BCUT2D eigenvalue weighted by Gasteiger charge is 2.30. The van der Waals surface area contributed by atoms with E-state index in [4.69, 9.17) is 0 Å². The number of halogens is 3. The number of carbonyl (C=O) groups excluding carboxylic acids is 2. The van der Waals surface area contributed by atoms with Crippen LogP contribution in [-0.2, 0) is 4.79 Å². The number of anilines is 1. The van der Waals surface area contributed by atoms with Crippen LogP contribution in [0.25, 0.3) is 22.2 Å². The van der Waals surface area contributed by atoms with E-state index in [1.54, 1.807) is 62.6 Å². The SMILES string of the molecule is CC(C)[C@@H](Nc1cncc(-c2c[nH]c3ncc(C(=O)N(C)C(C)c4ccn[nH]4)cc23)c1)C(=O)NCC(F)(F)F. The molecule has 0 spiro atoms. The van der Waals surface area contributed by atoms with Gasteiger partial charge in [0, 0.05) is 54.5 Å². The summed E-state index contributed by atoms with van der Waals surface area (Å²) in [4.78, 5) is 39.0. The van der Waals surface area contributed by atoms with E-state index in [1.165, 1.54) is 12.4 Å². The molecule has 13 heteroatoms. The molecule has 0 saturated heterocycles. The van der Waals surface area contributed by atoms with Crippen LogP contribution in [-0.4, -0.2) is 67.7 Å². The second-order valence-electron chi connectivity index (χ2n) is 9.59. The van der Waals surface area contributed by atoms with Gasteiger partial charge in [0.2, 0.25) is 5.91 Å². The van der Waals surface area contributed by atoms with Crippen molar-refractivity contribution < 1.29 is 22.8 Å². The van der Waals surface area contributed by atoms with Crippen LogP contribution in [0.5, 0.6) is 0 Å². The van der Waals surface area contributed by atoms with E-state index in [9.17, 15) is 22.8 Å². The van der Waals surface area contributed by atoms with Crippen molar-refractivity contribution in [3.05, 3.63) is 60.4 Å². The van der Waals surface area contributed by atoms with Crippen molar-refractivity contribution >= 4 is 28.5 Å². The van der Waals surface area contributed by atoms with Crippen molar-refractivity contribution in [2.45, 2.75) is 39.0 Å². The van der Waals surface area contributed by atoms with E-state index in [1.807, 2.05) is 12.2 Å². The van der Waals surface area contributed by atoms with E-state index in [-0.39, 0.29) is 17.9 Å². The maximum Gasteiger partial charge on any atom is 0.405 e. The van der Waals surface area contributed by atoms with E-state index < -0.39 is 24.7 Å². The summed E-state index contributed by atoms with van der Waals surface area (Å²) in [5.74, 6) is -1.29. The number of hydrogen-bond acceptors (Lipinski definition) is 6. The molecule has 0 saturated carbocycles. The third-order valence-electron chi connectivity index (χ3n) is 6.44. The number of hydrogen-bond donors (Lipinski definition) is 4. The molecule has 4 aromatic rings. The monoisotopic (exact) mass is 542 g/mol. The van der Waals surface area contributed by atoms with E-state index >= 15 is 0 Å². The van der Waals surface area contributed by atoms with Crippen molar-refractivity contribution in [3.63, 3.8) is 0 Å².